The van der Waals surface area contributed by atoms with Crippen molar-refractivity contribution in [1.82, 2.24) is 10.2 Å². The lowest BCUT2D eigenvalue weighted by molar-refractivity contribution is -0.150. The second kappa shape index (κ2) is 8.09. The van der Waals surface area contributed by atoms with Crippen LogP contribution in [0.3, 0.4) is 0 Å². The van der Waals surface area contributed by atoms with Gasteiger partial charge in [0, 0.05) is 6.54 Å². The molecule has 0 saturated carbocycles. The summed E-state index contributed by atoms with van der Waals surface area (Å²) in [6, 6.07) is -2.84. The van der Waals surface area contributed by atoms with Crippen molar-refractivity contribution in [3.05, 3.63) is 0 Å². The van der Waals surface area contributed by atoms with Gasteiger partial charge in [0.25, 0.3) is 0 Å². The van der Waals surface area contributed by atoms with E-state index in [1.807, 2.05) is 13.8 Å². The molecule has 1 fully saturated rings. The van der Waals surface area contributed by atoms with Crippen molar-refractivity contribution in [3.63, 3.8) is 0 Å². The molecule has 1 aliphatic rings. The molecule has 1 rings (SSSR count). The second-order valence-electron chi connectivity index (χ2n) is 5.68. The lowest BCUT2D eigenvalue weighted by Crippen LogP contribution is -2.56. The van der Waals surface area contributed by atoms with E-state index in [2.05, 4.69) is 5.32 Å². The van der Waals surface area contributed by atoms with Crippen LogP contribution < -0.4 is 11.1 Å². The maximum atomic E-state index is 12.3. The van der Waals surface area contributed by atoms with Crippen LogP contribution in [0, 0.1) is 5.92 Å². The molecule has 4 atom stereocenters. The Morgan fingerprint density at radius 2 is 2.05 bits per heavy atom. The Balaban J connectivity index is 2.73. The van der Waals surface area contributed by atoms with Crippen LogP contribution in [-0.2, 0) is 14.4 Å². The van der Waals surface area contributed by atoms with Crippen molar-refractivity contribution >= 4 is 17.8 Å². The predicted molar refractivity (Wildman–Crippen MR) is 78.8 cm³/mol. The number of amides is 2. The SMILES string of the molecule is CCC(C)C(N)C(=O)NC(CO)C(=O)N1CCCC1C(=O)O. The quantitative estimate of drug-likeness (QED) is 0.472. The molecule has 8 heteroatoms. The molecule has 8 nitrogen and oxygen atoms in total. The monoisotopic (exact) mass is 315 g/mol. The van der Waals surface area contributed by atoms with Gasteiger partial charge < -0.3 is 26.2 Å². The van der Waals surface area contributed by atoms with Crippen molar-refractivity contribution in [2.45, 2.75) is 51.2 Å². The molecule has 126 valence electrons. The summed E-state index contributed by atoms with van der Waals surface area (Å²) >= 11 is 0. The molecule has 0 aromatic heterocycles. The zero-order chi connectivity index (χ0) is 16.9. The molecule has 0 aliphatic carbocycles. The molecule has 2 amide bonds. The zero-order valence-electron chi connectivity index (χ0n) is 13.0. The highest BCUT2D eigenvalue weighted by Gasteiger charge is 2.37. The van der Waals surface area contributed by atoms with E-state index in [1.54, 1.807) is 0 Å². The number of carboxylic acid groups (broad SMARTS) is 1. The fourth-order valence-corrected chi connectivity index (χ4v) is 2.45. The van der Waals surface area contributed by atoms with Crippen LogP contribution in [0.5, 0.6) is 0 Å². The van der Waals surface area contributed by atoms with E-state index in [4.69, 9.17) is 10.8 Å². The number of nitrogens with one attached hydrogen (secondary N) is 1. The van der Waals surface area contributed by atoms with Crippen LogP contribution in [-0.4, -0.2) is 64.2 Å². The molecule has 1 aliphatic heterocycles. The van der Waals surface area contributed by atoms with Gasteiger partial charge in [-0.3, -0.25) is 9.59 Å². The number of nitrogens with two attached hydrogens (primary N) is 1. The molecule has 4 unspecified atom stereocenters. The van der Waals surface area contributed by atoms with E-state index in [1.165, 1.54) is 4.90 Å². The van der Waals surface area contributed by atoms with Gasteiger partial charge in [0.1, 0.15) is 12.1 Å². The standard InChI is InChI=1S/C14H25N3O5/c1-3-8(2)11(15)12(19)16-9(7-18)13(20)17-6-4-5-10(17)14(21)22/h8-11,18H,3-7,15H2,1-2H3,(H,16,19)(H,21,22). The summed E-state index contributed by atoms with van der Waals surface area (Å²) in [6.07, 6.45) is 1.67. The van der Waals surface area contributed by atoms with Gasteiger partial charge in [-0.05, 0) is 18.8 Å². The molecule has 0 spiro atoms. The number of likely N-dealkylation sites (tertiary alicyclic amines) is 1. The van der Waals surface area contributed by atoms with Gasteiger partial charge in [0.2, 0.25) is 11.8 Å². The highest BCUT2D eigenvalue weighted by atomic mass is 16.4. The lowest BCUT2D eigenvalue weighted by Gasteiger charge is -2.27. The molecule has 1 saturated heterocycles. The number of hydrogen-bond acceptors (Lipinski definition) is 5. The largest absolute Gasteiger partial charge is 0.480 e. The minimum absolute atomic E-state index is 0.0620. The number of aliphatic carboxylic acids is 1. The van der Waals surface area contributed by atoms with E-state index in [0.29, 0.717) is 25.8 Å². The average molecular weight is 315 g/mol. The number of aliphatic hydroxyl groups is 1. The average Bonchev–Trinajstić information content (AvgIpc) is 2.99. The van der Waals surface area contributed by atoms with Crippen LogP contribution >= 0.6 is 0 Å². The summed E-state index contributed by atoms with van der Waals surface area (Å²) in [7, 11) is 0. The molecule has 22 heavy (non-hydrogen) atoms. The molecule has 0 radical (unpaired) electrons. The second-order valence-corrected chi connectivity index (χ2v) is 5.68. The Hall–Kier alpha value is -1.67. The maximum absolute atomic E-state index is 12.3. The first kappa shape index (κ1) is 18.4. The first-order chi connectivity index (χ1) is 10.3. The topological polar surface area (TPSA) is 133 Å². The number of rotatable bonds is 7. The summed E-state index contributed by atoms with van der Waals surface area (Å²) in [4.78, 5) is 36.7. The minimum Gasteiger partial charge on any atom is -0.480 e. The highest BCUT2D eigenvalue weighted by molar-refractivity contribution is 5.92. The maximum Gasteiger partial charge on any atom is 0.326 e. The van der Waals surface area contributed by atoms with Gasteiger partial charge >= 0.3 is 5.97 Å². The number of nitrogens with zero attached hydrogens (tertiary/aromatic N) is 1. The van der Waals surface area contributed by atoms with E-state index in [-0.39, 0.29) is 5.92 Å². The van der Waals surface area contributed by atoms with Gasteiger partial charge in [-0.1, -0.05) is 20.3 Å². The van der Waals surface area contributed by atoms with Crippen LogP contribution in [0.1, 0.15) is 33.1 Å². The number of hydrogen-bond donors (Lipinski definition) is 4. The first-order valence-electron chi connectivity index (χ1n) is 7.53. The Morgan fingerprint density at radius 3 is 2.55 bits per heavy atom. The fourth-order valence-electron chi connectivity index (χ4n) is 2.45. The van der Waals surface area contributed by atoms with E-state index in [9.17, 15) is 19.5 Å². The third-order valence-corrected chi connectivity index (χ3v) is 4.18. The van der Waals surface area contributed by atoms with Crippen LogP contribution in [0.25, 0.3) is 0 Å². The number of carbonyl (C=O) groups is 3. The van der Waals surface area contributed by atoms with E-state index < -0.39 is 42.5 Å². The van der Waals surface area contributed by atoms with Crippen molar-refractivity contribution in [1.29, 1.82) is 0 Å². The van der Waals surface area contributed by atoms with Gasteiger partial charge in [-0.25, -0.2) is 4.79 Å². The number of aliphatic hydroxyl groups excluding tert-OH is 1. The number of carboxylic acids is 1. The normalized spacial score (nSPS) is 22.0. The highest BCUT2D eigenvalue weighted by Crippen LogP contribution is 2.18. The third-order valence-electron chi connectivity index (χ3n) is 4.18. The minimum atomic E-state index is -1.16. The molecule has 5 N–H and O–H groups in total. The summed E-state index contributed by atoms with van der Waals surface area (Å²) in [5, 5.41) is 20.9. The fraction of sp³-hybridized carbons (Fsp3) is 0.786. The molecule has 1 heterocycles. The van der Waals surface area contributed by atoms with Crippen molar-refractivity contribution in [3.8, 4) is 0 Å². The number of carbonyl (C=O) groups excluding carboxylic acids is 2. The molecular weight excluding hydrogens is 290 g/mol. The van der Waals surface area contributed by atoms with Gasteiger partial charge in [0.05, 0.1) is 12.6 Å². The first-order valence-corrected chi connectivity index (χ1v) is 7.53. The van der Waals surface area contributed by atoms with Crippen LogP contribution in [0.4, 0.5) is 0 Å². The summed E-state index contributed by atoms with van der Waals surface area (Å²) in [5.74, 6) is -2.25. The van der Waals surface area contributed by atoms with Gasteiger partial charge in [0.15, 0.2) is 0 Å². The van der Waals surface area contributed by atoms with Gasteiger partial charge in [-0.2, -0.15) is 0 Å². The molecule has 0 aromatic carbocycles. The van der Waals surface area contributed by atoms with Crippen molar-refractivity contribution < 1.29 is 24.6 Å². The lowest BCUT2D eigenvalue weighted by atomic mass is 9.99. The van der Waals surface area contributed by atoms with Crippen molar-refractivity contribution in [2.24, 2.45) is 11.7 Å². The Morgan fingerprint density at radius 1 is 1.41 bits per heavy atom. The smallest absolute Gasteiger partial charge is 0.326 e. The summed E-state index contributed by atoms with van der Waals surface area (Å²) in [6.45, 7) is 3.43. The van der Waals surface area contributed by atoms with E-state index in [0.717, 1.165) is 0 Å². The van der Waals surface area contributed by atoms with Crippen LogP contribution in [0.15, 0.2) is 0 Å². The summed E-state index contributed by atoms with van der Waals surface area (Å²) < 4.78 is 0. The Bertz CT molecular complexity index is 429. The Kier molecular flexibility index (Phi) is 6.76. The molecule has 0 aromatic rings. The van der Waals surface area contributed by atoms with Crippen LogP contribution in [0.2, 0.25) is 0 Å². The van der Waals surface area contributed by atoms with Gasteiger partial charge in [-0.15, -0.1) is 0 Å². The van der Waals surface area contributed by atoms with E-state index >= 15 is 0 Å². The van der Waals surface area contributed by atoms with Crippen molar-refractivity contribution in [2.75, 3.05) is 13.2 Å². The summed E-state index contributed by atoms with van der Waals surface area (Å²) in [5.41, 5.74) is 5.79. The third kappa shape index (κ3) is 4.17. The zero-order valence-corrected chi connectivity index (χ0v) is 13.0. The molecular formula is C14H25N3O5. The predicted octanol–water partition coefficient (Wildman–Crippen LogP) is -1.09. The molecule has 0 bridgehead atoms. The Labute approximate surface area is 129 Å².